The standard InChI is InChI=1S/C14H26N2O.ClH/c15-10-12-7-4-8-13(12)16-14(17)9-11-5-2-1-3-6-11;/h11-13H,1-10,15H2,(H,16,17);1H. The number of carbonyl (C=O) groups excluding carboxylic acids is 1. The van der Waals surface area contributed by atoms with Crippen molar-refractivity contribution < 1.29 is 4.79 Å². The van der Waals surface area contributed by atoms with Crippen LogP contribution < -0.4 is 11.1 Å². The largest absolute Gasteiger partial charge is 0.353 e. The summed E-state index contributed by atoms with van der Waals surface area (Å²) >= 11 is 0. The van der Waals surface area contributed by atoms with Gasteiger partial charge in [0, 0.05) is 12.5 Å². The monoisotopic (exact) mass is 274 g/mol. The molecule has 2 aliphatic carbocycles. The molecule has 0 aliphatic heterocycles. The minimum Gasteiger partial charge on any atom is -0.353 e. The number of rotatable bonds is 4. The van der Waals surface area contributed by atoms with E-state index < -0.39 is 0 Å². The van der Waals surface area contributed by atoms with E-state index in [4.69, 9.17) is 5.73 Å². The zero-order valence-electron chi connectivity index (χ0n) is 11.2. The SMILES string of the molecule is Cl.NCC1CCCC1NC(=O)CC1CCCCC1. The van der Waals surface area contributed by atoms with Crippen molar-refractivity contribution >= 4 is 18.3 Å². The first-order valence-electron chi connectivity index (χ1n) is 7.29. The predicted octanol–water partition coefficient (Wildman–Crippen LogP) is 2.62. The molecule has 0 heterocycles. The Bertz CT molecular complexity index is 254. The smallest absolute Gasteiger partial charge is 0.220 e. The van der Waals surface area contributed by atoms with Crippen LogP contribution in [0.3, 0.4) is 0 Å². The van der Waals surface area contributed by atoms with E-state index in [-0.39, 0.29) is 18.3 Å². The van der Waals surface area contributed by atoms with E-state index >= 15 is 0 Å². The van der Waals surface area contributed by atoms with Gasteiger partial charge in [0.1, 0.15) is 0 Å². The molecule has 0 saturated heterocycles. The average Bonchev–Trinajstić information content (AvgIpc) is 2.77. The van der Waals surface area contributed by atoms with E-state index in [0.29, 0.717) is 24.4 Å². The second kappa shape index (κ2) is 8.00. The highest BCUT2D eigenvalue weighted by atomic mass is 35.5. The van der Waals surface area contributed by atoms with E-state index in [1.165, 1.54) is 44.9 Å². The molecule has 18 heavy (non-hydrogen) atoms. The average molecular weight is 275 g/mol. The first-order valence-corrected chi connectivity index (χ1v) is 7.29. The minimum absolute atomic E-state index is 0. The molecule has 0 aromatic carbocycles. The number of halogens is 1. The van der Waals surface area contributed by atoms with E-state index in [1.54, 1.807) is 0 Å². The van der Waals surface area contributed by atoms with Gasteiger partial charge in [-0.15, -0.1) is 12.4 Å². The zero-order valence-corrected chi connectivity index (χ0v) is 12.0. The quantitative estimate of drug-likeness (QED) is 0.828. The van der Waals surface area contributed by atoms with Crippen LogP contribution in [0.15, 0.2) is 0 Å². The van der Waals surface area contributed by atoms with Gasteiger partial charge < -0.3 is 11.1 Å². The fraction of sp³-hybridized carbons (Fsp3) is 0.929. The first-order chi connectivity index (χ1) is 8.29. The molecule has 2 atom stereocenters. The fourth-order valence-corrected chi connectivity index (χ4v) is 3.43. The number of carbonyl (C=O) groups is 1. The van der Waals surface area contributed by atoms with E-state index in [0.717, 1.165) is 12.8 Å². The Morgan fingerprint density at radius 1 is 1.06 bits per heavy atom. The van der Waals surface area contributed by atoms with Gasteiger partial charge in [0.15, 0.2) is 0 Å². The van der Waals surface area contributed by atoms with Gasteiger partial charge >= 0.3 is 0 Å². The maximum atomic E-state index is 12.0. The molecule has 4 heteroatoms. The van der Waals surface area contributed by atoms with Crippen LogP contribution in [0.2, 0.25) is 0 Å². The summed E-state index contributed by atoms with van der Waals surface area (Å²) in [5.41, 5.74) is 5.73. The van der Waals surface area contributed by atoms with Crippen LogP contribution in [0.1, 0.15) is 57.8 Å². The van der Waals surface area contributed by atoms with Crippen molar-refractivity contribution in [3.63, 3.8) is 0 Å². The molecule has 2 unspecified atom stereocenters. The molecular formula is C14H27ClN2O. The number of hydrogen-bond acceptors (Lipinski definition) is 2. The maximum absolute atomic E-state index is 12.0. The van der Waals surface area contributed by atoms with Crippen LogP contribution >= 0.6 is 12.4 Å². The van der Waals surface area contributed by atoms with Gasteiger partial charge in [0.2, 0.25) is 5.91 Å². The predicted molar refractivity (Wildman–Crippen MR) is 76.8 cm³/mol. The molecule has 0 aromatic rings. The third-order valence-corrected chi connectivity index (χ3v) is 4.51. The number of nitrogens with one attached hydrogen (secondary N) is 1. The number of nitrogens with two attached hydrogens (primary N) is 1. The summed E-state index contributed by atoms with van der Waals surface area (Å²) in [5.74, 6) is 1.43. The van der Waals surface area contributed by atoms with Crippen LogP contribution in [0, 0.1) is 11.8 Å². The highest BCUT2D eigenvalue weighted by Crippen LogP contribution is 2.28. The second-order valence-corrected chi connectivity index (χ2v) is 5.81. The fourth-order valence-electron chi connectivity index (χ4n) is 3.43. The Morgan fingerprint density at radius 3 is 2.44 bits per heavy atom. The molecule has 2 fully saturated rings. The molecule has 0 radical (unpaired) electrons. The summed E-state index contributed by atoms with van der Waals surface area (Å²) < 4.78 is 0. The maximum Gasteiger partial charge on any atom is 0.220 e. The minimum atomic E-state index is 0. The van der Waals surface area contributed by atoms with Gasteiger partial charge in [-0.05, 0) is 44.1 Å². The highest BCUT2D eigenvalue weighted by Gasteiger charge is 2.28. The highest BCUT2D eigenvalue weighted by molar-refractivity contribution is 5.85. The van der Waals surface area contributed by atoms with Crippen molar-refractivity contribution in [2.45, 2.75) is 63.8 Å². The van der Waals surface area contributed by atoms with Crippen molar-refractivity contribution in [1.82, 2.24) is 5.32 Å². The molecule has 2 rings (SSSR count). The summed E-state index contributed by atoms with van der Waals surface area (Å²) in [6.07, 6.45) is 10.7. The van der Waals surface area contributed by atoms with Crippen molar-refractivity contribution in [2.24, 2.45) is 17.6 Å². The molecule has 2 saturated carbocycles. The lowest BCUT2D eigenvalue weighted by molar-refractivity contribution is -0.123. The van der Waals surface area contributed by atoms with Crippen LogP contribution in [0.4, 0.5) is 0 Å². The second-order valence-electron chi connectivity index (χ2n) is 5.81. The summed E-state index contributed by atoms with van der Waals surface area (Å²) in [7, 11) is 0. The van der Waals surface area contributed by atoms with Gasteiger partial charge in [0.25, 0.3) is 0 Å². The Morgan fingerprint density at radius 2 is 1.78 bits per heavy atom. The molecule has 0 bridgehead atoms. The van der Waals surface area contributed by atoms with Crippen molar-refractivity contribution in [3.8, 4) is 0 Å². The van der Waals surface area contributed by atoms with Crippen molar-refractivity contribution in [3.05, 3.63) is 0 Å². The van der Waals surface area contributed by atoms with Crippen molar-refractivity contribution in [1.29, 1.82) is 0 Å². The first kappa shape index (κ1) is 15.8. The van der Waals surface area contributed by atoms with Gasteiger partial charge in [-0.1, -0.05) is 25.7 Å². The summed E-state index contributed by atoms with van der Waals surface area (Å²) in [5, 5.41) is 3.21. The normalized spacial score (nSPS) is 28.7. The molecule has 106 valence electrons. The molecular weight excluding hydrogens is 248 g/mol. The van der Waals surface area contributed by atoms with Crippen LogP contribution in [-0.2, 0) is 4.79 Å². The molecule has 3 N–H and O–H groups in total. The molecule has 3 nitrogen and oxygen atoms in total. The topological polar surface area (TPSA) is 55.1 Å². The number of amides is 1. The Hall–Kier alpha value is -0.280. The summed E-state index contributed by atoms with van der Waals surface area (Å²) in [4.78, 5) is 12.0. The van der Waals surface area contributed by atoms with Crippen molar-refractivity contribution in [2.75, 3.05) is 6.54 Å². The van der Waals surface area contributed by atoms with E-state index in [9.17, 15) is 4.79 Å². The lowest BCUT2D eigenvalue weighted by Gasteiger charge is -2.24. The van der Waals surface area contributed by atoms with Crippen LogP contribution in [-0.4, -0.2) is 18.5 Å². The molecule has 0 spiro atoms. The number of hydrogen-bond donors (Lipinski definition) is 2. The summed E-state index contributed by atoms with van der Waals surface area (Å²) in [6.45, 7) is 0.717. The van der Waals surface area contributed by atoms with E-state index in [1.807, 2.05) is 0 Å². The summed E-state index contributed by atoms with van der Waals surface area (Å²) in [6, 6.07) is 0.357. The molecule has 1 amide bonds. The third kappa shape index (κ3) is 4.43. The third-order valence-electron chi connectivity index (χ3n) is 4.51. The Labute approximate surface area is 117 Å². The Kier molecular flexibility index (Phi) is 7.02. The van der Waals surface area contributed by atoms with Crippen LogP contribution in [0.5, 0.6) is 0 Å². The lowest BCUT2D eigenvalue weighted by atomic mass is 9.86. The Balaban J connectivity index is 0.00000162. The van der Waals surface area contributed by atoms with Crippen LogP contribution in [0.25, 0.3) is 0 Å². The van der Waals surface area contributed by atoms with Gasteiger partial charge in [-0.3, -0.25) is 4.79 Å². The lowest BCUT2D eigenvalue weighted by Crippen LogP contribution is -2.40. The van der Waals surface area contributed by atoms with Gasteiger partial charge in [-0.25, -0.2) is 0 Å². The zero-order chi connectivity index (χ0) is 12.1. The van der Waals surface area contributed by atoms with E-state index in [2.05, 4.69) is 5.32 Å². The molecule has 0 aromatic heterocycles. The van der Waals surface area contributed by atoms with Gasteiger partial charge in [-0.2, -0.15) is 0 Å². The van der Waals surface area contributed by atoms with Gasteiger partial charge in [0.05, 0.1) is 0 Å². The molecule has 2 aliphatic rings.